The van der Waals surface area contributed by atoms with E-state index in [2.05, 4.69) is 0 Å². The molecule has 0 saturated heterocycles. The SMILES string of the molecule is COc1ccccc1C(C)(O)Cc1ccc(F)c(Cl)c1. The summed E-state index contributed by atoms with van der Waals surface area (Å²) < 4.78 is 18.4. The zero-order valence-corrected chi connectivity index (χ0v) is 12.1. The van der Waals surface area contributed by atoms with Gasteiger partial charge in [-0.1, -0.05) is 35.9 Å². The molecule has 2 rings (SSSR count). The van der Waals surface area contributed by atoms with Gasteiger partial charge in [-0.15, -0.1) is 0 Å². The number of benzene rings is 2. The first-order valence-electron chi connectivity index (χ1n) is 6.24. The molecule has 0 spiro atoms. The van der Waals surface area contributed by atoms with Crippen LogP contribution in [-0.4, -0.2) is 12.2 Å². The van der Waals surface area contributed by atoms with E-state index in [1.165, 1.54) is 12.1 Å². The number of para-hydroxylation sites is 1. The van der Waals surface area contributed by atoms with E-state index in [9.17, 15) is 9.50 Å². The normalized spacial score (nSPS) is 13.8. The maximum Gasteiger partial charge on any atom is 0.141 e. The van der Waals surface area contributed by atoms with Crippen LogP contribution in [0, 0.1) is 5.82 Å². The van der Waals surface area contributed by atoms with Gasteiger partial charge in [0.1, 0.15) is 11.6 Å². The van der Waals surface area contributed by atoms with Crippen molar-refractivity contribution in [2.75, 3.05) is 7.11 Å². The zero-order chi connectivity index (χ0) is 14.8. The third kappa shape index (κ3) is 3.11. The van der Waals surface area contributed by atoms with Crippen LogP contribution >= 0.6 is 11.6 Å². The summed E-state index contributed by atoms with van der Waals surface area (Å²) in [7, 11) is 1.56. The number of methoxy groups -OCH3 is 1. The summed E-state index contributed by atoms with van der Waals surface area (Å²) in [4.78, 5) is 0. The van der Waals surface area contributed by atoms with Crippen LogP contribution in [0.2, 0.25) is 5.02 Å². The summed E-state index contributed by atoms with van der Waals surface area (Å²) in [6.45, 7) is 1.70. The van der Waals surface area contributed by atoms with E-state index in [1.807, 2.05) is 18.2 Å². The predicted octanol–water partition coefficient (Wildman–Crippen LogP) is 3.94. The van der Waals surface area contributed by atoms with Gasteiger partial charge in [0.25, 0.3) is 0 Å². The van der Waals surface area contributed by atoms with Crippen LogP contribution in [0.3, 0.4) is 0 Å². The van der Waals surface area contributed by atoms with Crippen molar-refractivity contribution in [3.8, 4) is 5.75 Å². The minimum Gasteiger partial charge on any atom is -0.496 e. The van der Waals surface area contributed by atoms with Gasteiger partial charge in [-0.2, -0.15) is 0 Å². The molecule has 2 aromatic rings. The second kappa shape index (κ2) is 5.81. The lowest BCUT2D eigenvalue weighted by molar-refractivity contribution is 0.0549. The zero-order valence-electron chi connectivity index (χ0n) is 11.4. The number of rotatable bonds is 4. The molecule has 0 aliphatic heterocycles. The second-order valence-electron chi connectivity index (χ2n) is 4.90. The average Bonchev–Trinajstić information content (AvgIpc) is 2.42. The van der Waals surface area contributed by atoms with Crippen LogP contribution in [-0.2, 0) is 12.0 Å². The van der Waals surface area contributed by atoms with Crippen molar-refractivity contribution in [2.24, 2.45) is 0 Å². The maximum atomic E-state index is 13.2. The minimum atomic E-state index is -1.13. The topological polar surface area (TPSA) is 29.5 Å². The maximum absolute atomic E-state index is 13.2. The first-order chi connectivity index (χ1) is 9.44. The number of halogens is 2. The molecular weight excluding hydrogens is 279 g/mol. The van der Waals surface area contributed by atoms with Crippen LogP contribution < -0.4 is 4.74 Å². The van der Waals surface area contributed by atoms with Gasteiger partial charge in [0.15, 0.2) is 0 Å². The minimum absolute atomic E-state index is 0.0540. The summed E-state index contributed by atoms with van der Waals surface area (Å²) >= 11 is 5.77. The highest BCUT2D eigenvalue weighted by molar-refractivity contribution is 6.30. The van der Waals surface area contributed by atoms with Crippen LogP contribution in [0.5, 0.6) is 5.75 Å². The Hall–Kier alpha value is -1.58. The molecule has 0 saturated carbocycles. The molecule has 0 aromatic heterocycles. The number of hydrogen-bond acceptors (Lipinski definition) is 2. The van der Waals surface area contributed by atoms with E-state index in [1.54, 1.807) is 26.2 Å². The van der Waals surface area contributed by atoms with Gasteiger partial charge >= 0.3 is 0 Å². The molecule has 0 fully saturated rings. The van der Waals surface area contributed by atoms with E-state index >= 15 is 0 Å². The summed E-state index contributed by atoms with van der Waals surface area (Å²) in [5.41, 5.74) is 0.309. The van der Waals surface area contributed by atoms with Crippen LogP contribution in [0.25, 0.3) is 0 Å². The van der Waals surface area contributed by atoms with Crippen molar-refractivity contribution in [3.05, 3.63) is 64.4 Å². The van der Waals surface area contributed by atoms with Gasteiger partial charge in [0.2, 0.25) is 0 Å². The Kier molecular flexibility index (Phi) is 4.31. The lowest BCUT2D eigenvalue weighted by atomic mass is 9.88. The third-order valence-electron chi connectivity index (χ3n) is 3.22. The Balaban J connectivity index is 2.32. The molecule has 4 heteroatoms. The summed E-state index contributed by atoms with van der Waals surface area (Å²) in [6, 6.07) is 11.7. The van der Waals surface area contributed by atoms with Crippen molar-refractivity contribution in [2.45, 2.75) is 18.9 Å². The van der Waals surface area contributed by atoms with Crippen molar-refractivity contribution in [1.82, 2.24) is 0 Å². The van der Waals surface area contributed by atoms with Gasteiger partial charge < -0.3 is 9.84 Å². The smallest absolute Gasteiger partial charge is 0.141 e. The summed E-state index contributed by atoms with van der Waals surface area (Å²) in [5, 5.41) is 10.7. The first kappa shape index (κ1) is 14.8. The third-order valence-corrected chi connectivity index (χ3v) is 3.51. The van der Waals surface area contributed by atoms with E-state index in [4.69, 9.17) is 16.3 Å². The fraction of sp³-hybridized carbons (Fsp3) is 0.250. The van der Waals surface area contributed by atoms with Crippen molar-refractivity contribution < 1.29 is 14.2 Å². The molecule has 20 heavy (non-hydrogen) atoms. The predicted molar refractivity (Wildman–Crippen MR) is 77.7 cm³/mol. The number of aliphatic hydroxyl groups is 1. The second-order valence-corrected chi connectivity index (χ2v) is 5.31. The van der Waals surface area contributed by atoms with Crippen LogP contribution in [0.4, 0.5) is 4.39 Å². The molecule has 0 aliphatic rings. The van der Waals surface area contributed by atoms with Gasteiger partial charge in [-0.3, -0.25) is 0 Å². The van der Waals surface area contributed by atoms with Gasteiger partial charge in [0.05, 0.1) is 17.7 Å². The molecule has 1 N–H and O–H groups in total. The quantitative estimate of drug-likeness (QED) is 0.925. The molecule has 0 radical (unpaired) electrons. The monoisotopic (exact) mass is 294 g/mol. The van der Waals surface area contributed by atoms with Crippen molar-refractivity contribution in [3.63, 3.8) is 0 Å². The molecule has 0 heterocycles. The van der Waals surface area contributed by atoms with E-state index in [0.717, 1.165) is 5.56 Å². The molecule has 2 nitrogen and oxygen atoms in total. The fourth-order valence-corrected chi connectivity index (χ4v) is 2.44. The molecule has 1 atom stereocenters. The Morgan fingerprint density at radius 2 is 1.95 bits per heavy atom. The Morgan fingerprint density at radius 1 is 1.25 bits per heavy atom. The van der Waals surface area contributed by atoms with Crippen molar-refractivity contribution >= 4 is 11.6 Å². The van der Waals surface area contributed by atoms with E-state index in [0.29, 0.717) is 17.7 Å². The summed E-state index contributed by atoms with van der Waals surface area (Å²) in [5.74, 6) is 0.151. The number of ether oxygens (including phenoxy) is 1. The first-order valence-corrected chi connectivity index (χ1v) is 6.61. The lowest BCUT2D eigenvalue weighted by Crippen LogP contribution is -2.25. The Morgan fingerprint density at radius 3 is 2.60 bits per heavy atom. The average molecular weight is 295 g/mol. The largest absolute Gasteiger partial charge is 0.496 e. The van der Waals surface area contributed by atoms with E-state index < -0.39 is 11.4 Å². The Bertz CT molecular complexity index is 611. The van der Waals surface area contributed by atoms with Gasteiger partial charge in [-0.05, 0) is 30.7 Å². The Labute approximate surface area is 122 Å². The molecule has 1 unspecified atom stereocenters. The molecule has 0 bridgehead atoms. The summed E-state index contributed by atoms with van der Waals surface area (Å²) in [6.07, 6.45) is 0.313. The highest BCUT2D eigenvalue weighted by atomic mass is 35.5. The highest BCUT2D eigenvalue weighted by Crippen LogP contribution is 2.33. The molecule has 0 amide bonds. The van der Waals surface area contributed by atoms with Crippen molar-refractivity contribution in [1.29, 1.82) is 0 Å². The standard InChI is InChI=1S/C16H16ClFO2/c1-16(19,12-5-3-4-6-15(12)20-2)10-11-7-8-14(18)13(17)9-11/h3-9,19H,10H2,1-2H3. The van der Waals surface area contributed by atoms with Crippen LogP contribution in [0.15, 0.2) is 42.5 Å². The van der Waals surface area contributed by atoms with Gasteiger partial charge in [-0.25, -0.2) is 4.39 Å². The fourth-order valence-electron chi connectivity index (χ4n) is 2.23. The van der Waals surface area contributed by atoms with Gasteiger partial charge in [0, 0.05) is 12.0 Å². The van der Waals surface area contributed by atoms with Crippen LogP contribution in [0.1, 0.15) is 18.1 Å². The highest BCUT2D eigenvalue weighted by Gasteiger charge is 2.27. The van der Waals surface area contributed by atoms with E-state index in [-0.39, 0.29) is 5.02 Å². The molecular formula is C16H16ClFO2. The molecule has 2 aromatic carbocycles. The molecule has 106 valence electrons. The lowest BCUT2D eigenvalue weighted by Gasteiger charge is -2.26. The number of hydrogen-bond donors (Lipinski definition) is 1. The molecule has 0 aliphatic carbocycles.